The van der Waals surface area contributed by atoms with Crippen LogP contribution in [0, 0.1) is 0 Å². The number of hydrogen-bond donors (Lipinski definition) is 1. The first kappa shape index (κ1) is 27.0. The molecule has 0 saturated heterocycles. The van der Waals surface area contributed by atoms with Crippen molar-refractivity contribution < 1.29 is 27.5 Å². The number of carbonyl (C=O) groups excluding carboxylic acids is 2. The molecule has 0 saturated carbocycles. The highest BCUT2D eigenvalue weighted by Gasteiger charge is 2.28. The van der Waals surface area contributed by atoms with Crippen molar-refractivity contribution in [1.29, 1.82) is 0 Å². The first-order chi connectivity index (χ1) is 17.2. The Hall–Kier alpha value is -3.60. The van der Waals surface area contributed by atoms with Gasteiger partial charge in [0.15, 0.2) is 6.61 Å². The molecule has 0 radical (unpaired) electrons. The van der Waals surface area contributed by atoms with Crippen molar-refractivity contribution in [3.05, 3.63) is 88.4 Å². The van der Waals surface area contributed by atoms with E-state index in [1.54, 1.807) is 42.5 Å². The summed E-state index contributed by atoms with van der Waals surface area (Å²) in [4.78, 5) is 23.8. The van der Waals surface area contributed by atoms with Gasteiger partial charge in [-0.25, -0.2) is 18.6 Å². The predicted octanol–water partition coefficient (Wildman–Crippen LogP) is 3.89. The third-order valence-corrected chi connectivity index (χ3v) is 6.98. The van der Waals surface area contributed by atoms with Crippen LogP contribution in [0.1, 0.15) is 5.56 Å². The third-order valence-electron chi connectivity index (χ3n) is 4.66. The van der Waals surface area contributed by atoms with E-state index < -0.39 is 28.4 Å². The van der Waals surface area contributed by atoms with Gasteiger partial charge >= 0.3 is 5.97 Å². The van der Waals surface area contributed by atoms with Crippen molar-refractivity contribution in [3.63, 3.8) is 0 Å². The summed E-state index contributed by atoms with van der Waals surface area (Å²) in [6, 6.07) is 18.5. The SMILES string of the molecule is COC(=O)COc1ccc(/C=N\NC(=O)CN(c2ccc(Cl)cc2Cl)S(=O)(=O)c2ccccc2)cc1. The highest BCUT2D eigenvalue weighted by atomic mass is 35.5. The smallest absolute Gasteiger partial charge is 0.343 e. The quantitative estimate of drug-likeness (QED) is 0.233. The summed E-state index contributed by atoms with van der Waals surface area (Å²) in [5, 5.41) is 4.26. The van der Waals surface area contributed by atoms with Crippen LogP contribution >= 0.6 is 23.2 Å². The number of halogens is 2. The monoisotopic (exact) mass is 549 g/mol. The lowest BCUT2D eigenvalue weighted by molar-refractivity contribution is -0.142. The van der Waals surface area contributed by atoms with Crippen LogP contribution in [0.2, 0.25) is 10.0 Å². The molecule has 0 atom stereocenters. The van der Waals surface area contributed by atoms with E-state index in [1.807, 2.05) is 0 Å². The summed E-state index contributed by atoms with van der Waals surface area (Å²) >= 11 is 12.2. The van der Waals surface area contributed by atoms with Gasteiger partial charge in [0.2, 0.25) is 0 Å². The molecule has 188 valence electrons. The molecule has 0 spiro atoms. The number of benzene rings is 3. The zero-order chi connectivity index (χ0) is 26.1. The third kappa shape index (κ3) is 7.20. The Kier molecular flexibility index (Phi) is 9.29. The number of carbonyl (C=O) groups is 2. The summed E-state index contributed by atoms with van der Waals surface area (Å²) in [5.74, 6) is -0.760. The van der Waals surface area contributed by atoms with Crippen LogP contribution in [0.25, 0.3) is 0 Å². The second-order valence-corrected chi connectivity index (χ2v) is 9.85. The molecule has 0 aliphatic heterocycles. The van der Waals surface area contributed by atoms with E-state index in [4.69, 9.17) is 27.9 Å². The molecule has 36 heavy (non-hydrogen) atoms. The van der Waals surface area contributed by atoms with Gasteiger partial charge in [0, 0.05) is 5.02 Å². The molecule has 12 heteroatoms. The maximum absolute atomic E-state index is 13.3. The molecule has 9 nitrogen and oxygen atoms in total. The lowest BCUT2D eigenvalue weighted by Gasteiger charge is -2.24. The van der Waals surface area contributed by atoms with Crippen LogP contribution in [-0.2, 0) is 24.3 Å². The van der Waals surface area contributed by atoms with Crippen LogP contribution in [0.4, 0.5) is 5.69 Å². The van der Waals surface area contributed by atoms with Crippen molar-refractivity contribution in [2.24, 2.45) is 5.10 Å². The second kappa shape index (κ2) is 12.4. The standard InChI is InChI=1S/C24H21Cl2N3O6S/c1-34-24(31)16-35-19-10-7-17(8-11-19)14-27-28-23(30)15-29(22-12-9-18(25)13-21(22)26)36(32,33)20-5-3-2-4-6-20/h2-14H,15-16H2,1H3,(H,28,30)/b27-14-. The molecule has 0 heterocycles. The molecule has 1 amide bonds. The number of rotatable bonds is 10. The molecule has 3 aromatic carbocycles. The van der Waals surface area contributed by atoms with Crippen molar-refractivity contribution in [1.82, 2.24) is 5.43 Å². The van der Waals surface area contributed by atoms with Gasteiger partial charge in [-0.2, -0.15) is 5.10 Å². The average Bonchev–Trinajstić information content (AvgIpc) is 2.87. The molecular weight excluding hydrogens is 529 g/mol. The molecule has 0 unspecified atom stereocenters. The van der Waals surface area contributed by atoms with Crippen LogP contribution in [0.15, 0.2) is 82.8 Å². The van der Waals surface area contributed by atoms with Crippen molar-refractivity contribution in [2.45, 2.75) is 4.90 Å². The number of hydrazone groups is 1. The van der Waals surface area contributed by atoms with E-state index in [0.717, 1.165) is 4.31 Å². The van der Waals surface area contributed by atoms with Crippen LogP contribution in [0.3, 0.4) is 0 Å². The summed E-state index contributed by atoms with van der Waals surface area (Å²) in [6.45, 7) is -0.809. The minimum Gasteiger partial charge on any atom is -0.482 e. The Morgan fingerprint density at radius 1 is 1.03 bits per heavy atom. The minimum absolute atomic E-state index is 0.0122. The highest BCUT2D eigenvalue weighted by Crippen LogP contribution is 2.32. The van der Waals surface area contributed by atoms with Crippen molar-refractivity contribution in [2.75, 3.05) is 24.6 Å². The fourth-order valence-electron chi connectivity index (χ4n) is 2.90. The van der Waals surface area contributed by atoms with E-state index in [0.29, 0.717) is 16.3 Å². The van der Waals surface area contributed by atoms with Gasteiger partial charge in [-0.15, -0.1) is 0 Å². The van der Waals surface area contributed by atoms with E-state index in [1.165, 1.54) is 43.7 Å². The van der Waals surface area contributed by atoms with Gasteiger partial charge < -0.3 is 9.47 Å². The number of amides is 1. The number of methoxy groups -OCH3 is 1. The number of hydrogen-bond acceptors (Lipinski definition) is 7. The molecule has 0 aromatic heterocycles. The van der Waals surface area contributed by atoms with Crippen molar-refractivity contribution in [3.8, 4) is 5.75 Å². The minimum atomic E-state index is -4.13. The molecule has 1 N–H and O–H groups in total. The Morgan fingerprint density at radius 3 is 2.36 bits per heavy atom. The van der Waals surface area contributed by atoms with Crippen molar-refractivity contribution >= 4 is 57.0 Å². The lowest BCUT2D eigenvalue weighted by atomic mass is 10.2. The van der Waals surface area contributed by atoms with E-state index in [2.05, 4.69) is 15.3 Å². The largest absolute Gasteiger partial charge is 0.482 e. The Balaban J connectivity index is 1.72. The predicted molar refractivity (Wildman–Crippen MR) is 137 cm³/mol. The normalized spacial score (nSPS) is 11.2. The molecule has 3 rings (SSSR count). The molecule has 0 aliphatic rings. The van der Waals surface area contributed by atoms with Gasteiger partial charge in [-0.1, -0.05) is 41.4 Å². The van der Waals surface area contributed by atoms with Gasteiger partial charge in [0.1, 0.15) is 12.3 Å². The number of nitrogens with one attached hydrogen (secondary N) is 1. The number of sulfonamides is 1. The van der Waals surface area contributed by atoms with Gasteiger partial charge in [0.05, 0.1) is 28.9 Å². The van der Waals surface area contributed by atoms with Gasteiger partial charge in [-0.05, 0) is 60.2 Å². The Morgan fingerprint density at radius 2 is 1.72 bits per heavy atom. The average molecular weight is 550 g/mol. The Bertz CT molecular complexity index is 1350. The van der Waals surface area contributed by atoms with E-state index in [-0.39, 0.29) is 22.2 Å². The first-order valence-corrected chi connectivity index (χ1v) is 12.5. The molecule has 0 bridgehead atoms. The fourth-order valence-corrected chi connectivity index (χ4v) is 4.92. The molecule has 0 aliphatic carbocycles. The number of ether oxygens (including phenoxy) is 2. The topological polar surface area (TPSA) is 114 Å². The van der Waals surface area contributed by atoms with Crippen LogP contribution in [-0.4, -0.2) is 46.8 Å². The number of anilines is 1. The van der Waals surface area contributed by atoms with Gasteiger partial charge in [-0.3, -0.25) is 9.10 Å². The number of esters is 1. The zero-order valence-electron chi connectivity index (χ0n) is 18.9. The van der Waals surface area contributed by atoms with Crippen LogP contribution < -0.4 is 14.5 Å². The summed E-state index contributed by atoms with van der Waals surface area (Å²) in [7, 11) is -2.87. The van der Waals surface area contributed by atoms with Crippen LogP contribution in [0.5, 0.6) is 5.75 Å². The molecular formula is C24H21Cl2N3O6S. The molecule has 0 fully saturated rings. The maximum Gasteiger partial charge on any atom is 0.343 e. The zero-order valence-corrected chi connectivity index (χ0v) is 21.3. The lowest BCUT2D eigenvalue weighted by Crippen LogP contribution is -2.39. The first-order valence-electron chi connectivity index (χ1n) is 10.3. The Labute approximate surface area is 218 Å². The maximum atomic E-state index is 13.3. The number of nitrogens with zero attached hydrogens (tertiary/aromatic N) is 2. The van der Waals surface area contributed by atoms with Gasteiger partial charge in [0.25, 0.3) is 15.9 Å². The summed E-state index contributed by atoms with van der Waals surface area (Å²) in [5.41, 5.74) is 3.02. The second-order valence-electron chi connectivity index (χ2n) is 7.15. The highest BCUT2D eigenvalue weighted by molar-refractivity contribution is 7.92. The summed E-state index contributed by atoms with van der Waals surface area (Å²) < 4.78 is 37.3. The van der Waals surface area contributed by atoms with E-state index >= 15 is 0 Å². The summed E-state index contributed by atoms with van der Waals surface area (Å²) in [6.07, 6.45) is 1.37. The molecule has 3 aromatic rings. The fraction of sp³-hybridized carbons (Fsp3) is 0.125. The van der Waals surface area contributed by atoms with E-state index in [9.17, 15) is 18.0 Å².